The Hall–Kier alpha value is -0.470. The van der Waals surface area contributed by atoms with Crippen LogP contribution in [0.5, 0.6) is 0 Å². The molecule has 4 heteroatoms. The maximum atomic E-state index is 5.32. The lowest BCUT2D eigenvalue weighted by atomic mass is 10.4. The normalized spacial score (nSPS) is 15.5. The van der Waals surface area contributed by atoms with Gasteiger partial charge in [-0.25, -0.2) is 0 Å². The molecule has 1 aliphatic heterocycles. The second-order valence-electron chi connectivity index (χ2n) is 3.24. The van der Waals surface area contributed by atoms with Crippen LogP contribution >= 0.6 is 23.1 Å². The van der Waals surface area contributed by atoms with E-state index in [4.69, 9.17) is 10.5 Å². The van der Waals surface area contributed by atoms with Crippen molar-refractivity contribution < 1.29 is 4.74 Å². The van der Waals surface area contributed by atoms with Crippen LogP contribution in [0, 0.1) is 11.8 Å². The van der Waals surface area contributed by atoms with Gasteiger partial charge >= 0.3 is 0 Å². The number of hydrogen-bond acceptors (Lipinski definition) is 4. The number of rotatable bonds is 3. The highest BCUT2D eigenvalue weighted by molar-refractivity contribution is 7.99. The Bertz CT molecular complexity index is 373. The van der Waals surface area contributed by atoms with Crippen LogP contribution in [0.15, 0.2) is 12.1 Å². The van der Waals surface area contributed by atoms with Crippen molar-refractivity contribution >= 4 is 23.1 Å². The van der Waals surface area contributed by atoms with Gasteiger partial charge < -0.3 is 10.5 Å². The third kappa shape index (κ3) is 3.25. The fourth-order valence-corrected chi connectivity index (χ4v) is 3.17. The Balaban J connectivity index is 1.83. The second kappa shape index (κ2) is 5.57. The summed E-state index contributed by atoms with van der Waals surface area (Å²) in [6.07, 6.45) is 0. The molecular weight excluding hydrogens is 226 g/mol. The average molecular weight is 239 g/mol. The lowest BCUT2D eigenvalue weighted by molar-refractivity contribution is 0.0455. The monoisotopic (exact) mass is 239 g/mol. The summed E-state index contributed by atoms with van der Waals surface area (Å²) < 4.78 is 5.13. The molecule has 15 heavy (non-hydrogen) atoms. The van der Waals surface area contributed by atoms with Gasteiger partial charge in [-0.15, -0.1) is 23.1 Å². The first-order chi connectivity index (χ1) is 7.38. The molecule has 0 bridgehead atoms. The lowest BCUT2D eigenvalue weighted by Crippen LogP contribution is -2.30. The minimum atomic E-state index is 0.432. The Kier molecular flexibility index (Phi) is 4.09. The SMILES string of the molecule is NCC#Cc1ccc(CSC2COC2)s1. The maximum Gasteiger partial charge on any atom is 0.0772 e. The summed E-state index contributed by atoms with van der Waals surface area (Å²) >= 11 is 3.72. The van der Waals surface area contributed by atoms with Crippen LogP contribution in [0.4, 0.5) is 0 Å². The molecule has 0 saturated carbocycles. The first kappa shape index (κ1) is 11.0. The van der Waals surface area contributed by atoms with Crippen LogP contribution in [0.25, 0.3) is 0 Å². The first-order valence-electron chi connectivity index (χ1n) is 4.85. The molecule has 0 unspecified atom stereocenters. The van der Waals surface area contributed by atoms with Gasteiger partial charge in [-0.05, 0) is 12.1 Å². The van der Waals surface area contributed by atoms with E-state index < -0.39 is 0 Å². The molecule has 1 saturated heterocycles. The molecule has 80 valence electrons. The predicted molar refractivity (Wildman–Crippen MR) is 66.2 cm³/mol. The van der Waals surface area contributed by atoms with E-state index >= 15 is 0 Å². The van der Waals surface area contributed by atoms with Crippen LogP contribution < -0.4 is 5.73 Å². The minimum absolute atomic E-state index is 0.432. The summed E-state index contributed by atoms with van der Waals surface area (Å²) in [4.78, 5) is 2.49. The summed E-state index contributed by atoms with van der Waals surface area (Å²) in [5, 5.41) is 0.700. The van der Waals surface area contributed by atoms with Crippen LogP contribution in [0.2, 0.25) is 0 Å². The molecule has 2 rings (SSSR count). The molecule has 2 N–H and O–H groups in total. The number of nitrogens with two attached hydrogens (primary N) is 1. The predicted octanol–water partition coefficient (Wildman–Crippen LogP) is 1.69. The van der Waals surface area contributed by atoms with E-state index in [1.807, 2.05) is 11.8 Å². The van der Waals surface area contributed by atoms with Gasteiger partial charge in [0.2, 0.25) is 0 Å². The minimum Gasteiger partial charge on any atom is -0.379 e. The highest BCUT2D eigenvalue weighted by Gasteiger charge is 2.18. The standard InChI is InChI=1S/C11H13NOS2/c12-5-1-2-9-3-4-10(15-9)8-14-11-6-13-7-11/h3-4,11H,5-8,12H2. The van der Waals surface area contributed by atoms with Crippen molar-refractivity contribution in [2.24, 2.45) is 5.73 Å². The molecule has 2 heterocycles. The van der Waals surface area contributed by atoms with Crippen LogP contribution in [-0.4, -0.2) is 25.0 Å². The van der Waals surface area contributed by atoms with Gasteiger partial charge in [-0.1, -0.05) is 11.8 Å². The van der Waals surface area contributed by atoms with Crippen molar-refractivity contribution in [2.45, 2.75) is 11.0 Å². The topological polar surface area (TPSA) is 35.2 Å². The van der Waals surface area contributed by atoms with Crippen molar-refractivity contribution in [3.63, 3.8) is 0 Å². The Morgan fingerprint density at radius 3 is 3.07 bits per heavy atom. The zero-order chi connectivity index (χ0) is 10.5. The van der Waals surface area contributed by atoms with Crippen LogP contribution in [-0.2, 0) is 10.5 Å². The molecule has 1 aliphatic rings. The Morgan fingerprint density at radius 1 is 1.53 bits per heavy atom. The van der Waals surface area contributed by atoms with E-state index in [1.54, 1.807) is 11.3 Å². The second-order valence-corrected chi connectivity index (χ2v) is 5.70. The van der Waals surface area contributed by atoms with Crippen molar-refractivity contribution in [3.8, 4) is 11.8 Å². The van der Waals surface area contributed by atoms with E-state index in [0.29, 0.717) is 11.8 Å². The summed E-state index contributed by atoms with van der Waals surface area (Å²) in [7, 11) is 0. The first-order valence-corrected chi connectivity index (χ1v) is 6.72. The van der Waals surface area contributed by atoms with Crippen molar-refractivity contribution in [2.75, 3.05) is 19.8 Å². The summed E-state index contributed by atoms with van der Waals surface area (Å²) in [6.45, 7) is 2.26. The van der Waals surface area contributed by atoms with Gasteiger partial charge in [-0.2, -0.15) is 0 Å². The molecule has 0 aliphatic carbocycles. The van der Waals surface area contributed by atoms with Gasteiger partial charge in [0.15, 0.2) is 0 Å². The fraction of sp³-hybridized carbons (Fsp3) is 0.455. The van der Waals surface area contributed by atoms with Crippen LogP contribution in [0.3, 0.4) is 0 Å². The summed E-state index contributed by atoms with van der Waals surface area (Å²) in [5.41, 5.74) is 5.32. The highest BCUT2D eigenvalue weighted by atomic mass is 32.2. The van der Waals surface area contributed by atoms with Gasteiger partial charge in [-0.3, -0.25) is 0 Å². The van der Waals surface area contributed by atoms with E-state index in [-0.39, 0.29) is 0 Å². The zero-order valence-corrected chi connectivity index (χ0v) is 10.00. The van der Waals surface area contributed by atoms with Gasteiger partial charge in [0.1, 0.15) is 0 Å². The van der Waals surface area contributed by atoms with E-state index in [1.165, 1.54) is 4.88 Å². The molecule has 2 nitrogen and oxygen atoms in total. The lowest BCUT2D eigenvalue weighted by Gasteiger charge is -2.24. The van der Waals surface area contributed by atoms with E-state index in [0.717, 1.165) is 23.8 Å². The maximum absolute atomic E-state index is 5.32. The van der Waals surface area contributed by atoms with Crippen LogP contribution in [0.1, 0.15) is 9.75 Å². The zero-order valence-electron chi connectivity index (χ0n) is 8.36. The molecule has 0 spiro atoms. The summed E-state index contributed by atoms with van der Waals surface area (Å²) in [6, 6.07) is 4.22. The Morgan fingerprint density at radius 2 is 2.40 bits per heavy atom. The molecule has 0 radical (unpaired) electrons. The smallest absolute Gasteiger partial charge is 0.0772 e. The van der Waals surface area contributed by atoms with Gasteiger partial charge in [0, 0.05) is 10.6 Å². The third-order valence-electron chi connectivity index (χ3n) is 2.04. The molecule has 0 aromatic carbocycles. The largest absolute Gasteiger partial charge is 0.379 e. The summed E-state index contributed by atoms with van der Waals surface area (Å²) in [5.74, 6) is 6.99. The van der Waals surface area contributed by atoms with Crippen molar-refractivity contribution in [1.29, 1.82) is 0 Å². The molecule has 1 aromatic heterocycles. The van der Waals surface area contributed by atoms with E-state index in [2.05, 4.69) is 24.0 Å². The number of hydrogen-bond donors (Lipinski definition) is 1. The van der Waals surface area contributed by atoms with Crippen molar-refractivity contribution in [3.05, 3.63) is 21.9 Å². The quantitative estimate of drug-likeness (QED) is 0.815. The van der Waals surface area contributed by atoms with Crippen molar-refractivity contribution in [1.82, 2.24) is 0 Å². The molecule has 0 atom stereocenters. The van der Waals surface area contributed by atoms with Gasteiger partial charge in [0.25, 0.3) is 0 Å². The average Bonchev–Trinajstić information content (AvgIpc) is 2.60. The Labute approximate surface area is 98.2 Å². The molecule has 1 fully saturated rings. The van der Waals surface area contributed by atoms with Gasteiger partial charge in [0.05, 0.1) is 29.9 Å². The molecule has 1 aromatic rings. The highest BCUT2D eigenvalue weighted by Crippen LogP contribution is 2.26. The fourth-order valence-electron chi connectivity index (χ4n) is 1.17. The number of thiophene rings is 1. The molecular formula is C11H13NOS2. The number of ether oxygens (including phenoxy) is 1. The van der Waals surface area contributed by atoms with E-state index in [9.17, 15) is 0 Å². The number of thioether (sulfide) groups is 1. The third-order valence-corrected chi connectivity index (χ3v) is 4.45. The molecule has 0 amide bonds.